The highest BCUT2D eigenvalue weighted by atomic mass is 35.5. The smallest absolute Gasteiger partial charge is 0.327 e. The van der Waals surface area contributed by atoms with Crippen LogP contribution >= 0.6 is 11.6 Å². The standard InChI is InChI=1S/C14H19ClFNO2/c1-4-9(3)17-13(14(18)19-5-2)11-8-10(15)6-7-12(11)16/h6-9,13,17H,4-5H2,1-3H3. The van der Waals surface area contributed by atoms with Crippen molar-refractivity contribution in [1.82, 2.24) is 5.32 Å². The number of esters is 1. The second-order valence-electron chi connectivity index (χ2n) is 4.33. The Balaban J connectivity index is 3.07. The molecular weight excluding hydrogens is 269 g/mol. The predicted octanol–water partition coefficient (Wildman–Crippen LogP) is 3.47. The number of rotatable bonds is 6. The third kappa shape index (κ3) is 4.48. The van der Waals surface area contributed by atoms with E-state index < -0.39 is 17.8 Å². The highest BCUT2D eigenvalue weighted by Gasteiger charge is 2.26. The van der Waals surface area contributed by atoms with Crippen molar-refractivity contribution in [3.05, 3.63) is 34.6 Å². The Kier molecular flexibility index (Phi) is 6.25. The first-order valence-corrected chi connectivity index (χ1v) is 6.75. The van der Waals surface area contributed by atoms with Gasteiger partial charge in [-0.15, -0.1) is 0 Å². The van der Waals surface area contributed by atoms with Crippen LogP contribution in [0.3, 0.4) is 0 Å². The minimum atomic E-state index is -0.839. The quantitative estimate of drug-likeness (QED) is 0.814. The van der Waals surface area contributed by atoms with Crippen LogP contribution in [-0.2, 0) is 9.53 Å². The summed E-state index contributed by atoms with van der Waals surface area (Å²) in [6.07, 6.45) is 0.818. The van der Waals surface area contributed by atoms with E-state index in [1.807, 2.05) is 13.8 Å². The second-order valence-corrected chi connectivity index (χ2v) is 4.76. The minimum absolute atomic E-state index is 0.0628. The lowest BCUT2D eigenvalue weighted by Gasteiger charge is -2.22. The van der Waals surface area contributed by atoms with E-state index >= 15 is 0 Å². The van der Waals surface area contributed by atoms with Gasteiger partial charge in [-0.25, -0.2) is 9.18 Å². The van der Waals surface area contributed by atoms with Crippen molar-refractivity contribution in [3.63, 3.8) is 0 Å². The lowest BCUT2D eigenvalue weighted by molar-refractivity contribution is -0.146. The van der Waals surface area contributed by atoms with Crippen molar-refractivity contribution in [3.8, 4) is 0 Å². The van der Waals surface area contributed by atoms with Gasteiger partial charge in [0.2, 0.25) is 0 Å². The van der Waals surface area contributed by atoms with Crippen molar-refractivity contribution in [1.29, 1.82) is 0 Å². The Bertz CT molecular complexity index is 439. The normalized spacial score (nSPS) is 13.9. The molecule has 0 saturated carbocycles. The number of hydrogen-bond acceptors (Lipinski definition) is 3. The van der Waals surface area contributed by atoms with Crippen LogP contribution in [0, 0.1) is 5.82 Å². The molecule has 19 heavy (non-hydrogen) atoms. The first-order valence-electron chi connectivity index (χ1n) is 6.37. The molecule has 0 aliphatic rings. The number of carbonyl (C=O) groups excluding carboxylic acids is 1. The highest BCUT2D eigenvalue weighted by molar-refractivity contribution is 6.30. The maximum atomic E-state index is 13.9. The van der Waals surface area contributed by atoms with E-state index in [0.29, 0.717) is 5.02 Å². The Labute approximate surface area is 118 Å². The van der Waals surface area contributed by atoms with Gasteiger partial charge in [-0.1, -0.05) is 18.5 Å². The van der Waals surface area contributed by atoms with Crippen LogP contribution in [0.2, 0.25) is 5.02 Å². The van der Waals surface area contributed by atoms with E-state index in [9.17, 15) is 9.18 Å². The predicted molar refractivity (Wildman–Crippen MR) is 73.7 cm³/mol. The molecule has 0 heterocycles. The van der Waals surface area contributed by atoms with Gasteiger partial charge in [-0.3, -0.25) is 5.32 Å². The van der Waals surface area contributed by atoms with Crippen molar-refractivity contribution in [2.75, 3.05) is 6.61 Å². The topological polar surface area (TPSA) is 38.3 Å². The summed E-state index contributed by atoms with van der Waals surface area (Å²) in [6.45, 7) is 5.87. The molecule has 0 spiro atoms. The van der Waals surface area contributed by atoms with E-state index in [2.05, 4.69) is 5.32 Å². The second kappa shape index (κ2) is 7.46. The summed E-state index contributed by atoms with van der Waals surface area (Å²) in [7, 11) is 0. The molecule has 0 saturated heterocycles. The fourth-order valence-electron chi connectivity index (χ4n) is 1.65. The van der Waals surface area contributed by atoms with E-state index in [0.717, 1.165) is 6.42 Å². The summed E-state index contributed by atoms with van der Waals surface area (Å²) < 4.78 is 18.9. The van der Waals surface area contributed by atoms with Gasteiger partial charge in [0.25, 0.3) is 0 Å². The summed E-state index contributed by atoms with van der Waals surface area (Å²) in [5.74, 6) is -0.970. The third-order valence-corrected chi connectivity index (χ3v) is 3.09. The minimum Gasteiger partial charge on any atom is -0.465 e. The van der Waals surface area contributed by atoms with Crippen LogP contribution < -0.4 is 5.32 Å². The van der Waals surface area contributed by atoms with Crippen LogP contribution in [0.1, 0.15) is 38.8 Å². The Morgan fingerprint density at radius 1 is 1.47 bits per heavy atom. The first kappa shape index (κ1) is 15.9. The molecule has 5 heteroatoms. The molecule has 0 radical (unpaired) electrons. The first-order chi connectivity index (χ1) is 8.99. The van der Waals surface area contributed by atoms with Gasteiger partial charge in [-0.05, 0) is 38.5 Å². The number of hydrogen-bond donors (Lipinski definition) is 1. The number of benzene rings is 1. The zero-order chi connectivity index (χ0) is 14.4. The number of carbonyl (C=O) groups is 1. The molecule has 2 unspecified atom stereocenters. The molecule has 106 valence electrons. The van der Waals surface area contributed by atoms with Gasteiger partial charge in [0, 0.05) is 16.6 Å². The maximum Gasteiger partial charge on any atom is 0.327 e. The van der Waals surface area contributed by atoms with E-state index in [1.165, 1.54) is 18.2 Å². The average Bonchev–Trinajstić information content (AvgIpc) is 2.39. The van der Waals surface area contributed by atoms with E-state index in [1.54, 1.807) is 6.92 Å². The molecule has 1 rings (SSSR count). The largest absolute Gasteiger partial charge is 0.465 e. The summed E-state index contributed by atoms with van der Waals surface area (Å²) >= 11 is 5.87. The zero-order valence-electron chi connectivity index (χ0n) is 11.4. The molecule has 0 fully saturated rings. The summed E-state index contributed by atoms with van der Waals surface area (Å²) in [4.78, 5) is 12.0. The average molecular weight is 288 g/mol. The number of halogens is 2. The molecule has 0 bridgehead atoms. The van der Waals surface area contributed by atoms with E-state index in [-0.39, 0.29) is 18.2 Å². The van der Waals surface area contributed by atoms with Crippen molar-refractivity contribution >= 4 is 17.6 Å². The Morgan fingerprint density at radius 2 is 2.16 bits per heavy atom. The summed E-state index contributed by atoms with van der Waals surface area (Å²) in [5.41, 5.74) is 0.214. The fourth-order valence-corrected chi connectivity index (χ4v) is 1.83. The number of nitrogens with one attached hydrogen (secondary N) is 1. The lowest BCUT2D eigenvalue weighted by Crippen LogP contribution is -2.36. The van der Waals surface area contributed by atoms with Gasteiger partial charge in [0.15, 0.2) is 0 Å². The molecular formula is C14H19ClFNO2. The molecule has 1 aromatic carbocycles. The molecule has 0 aliphatic carbocycles. The third-order valence-electron chi connectivity index (χ3n) is 2.85. The molecule has 3 nitrogen and oxygen atoms in total. The van der Waals surface area contributed by atoms with Crippen LogP contribution in [-0.4, -0.2) is 18.6 Å². The molecule has 0 aromatic heterocycles. The Hall–Kier alpha value is -1.13. The highest BCUT2D eigenvalue weighted by Crippen LogP contribution is 2.23. The van der Waals surface area contributed by atoms with Crippen molar-refractivity contribution in [2.24, 2.45) is 0 Å². The molecule has 0 amide bonds. The maximum absolute atomic E-state index is 13.9. The summed E-state index contributed by atoms with van der Waals surface area (Å²) in [5, 5.41) is 3.45. The molecule has 0 aliphatic heterocycles. The van der Waals surface area contributed by atoms with Crippen molar-refractivity contribution in [2.45, 2.75) is 39.3 Å². The molecule has 1 aromatic rings. The van der Waals surface area contributed by atoms with Crippen LogP contribution in [0.25, 0.3) is 0 Å². The van der Waals surface area contributed by atoms with Gasteiger partial charge in [0.1, 0.15) is 11.9 Å². The molecule has 1 N–H and O–H groups in total. The zero-order valence-corrected chi connectivity index (χ0v) is 12.1. The van der Waals surface area contributed by atoms with Gasteiger partial charge < -0.3 is 4.74 Å². The van der Waals surface area contributed by atoms with Crippen LogP contribution in [0.5, 0.6) is 0 Å². The van der Waals surface area contributed by atoms with Gasteiger partial charge in [-0.2, -0.15) is 0 Å². The van der Waals surface area contributed by atoms with Gasteiger partial charge >= 0.3 is 5.97 Å². The monoisotopic (exact) mass is 287 g/mol. The fraction of sp³-hybridized carbons (Fsp3) is 0.500. The SMILES string of the molecule is CCOC(=O)C(NC(C)CC)c1cc(Cl)ccc1F. The Morgan fingerprint density at radius 3 is 2.74 bits per heavy atom. The van der Waals surface area contributed by atoms with Crippen molar-refractivity contribution < 1.29 is 13.9 Å². The molecule has 2 atom stereocenters. The summed E-state index contributed by atoms with van der Waals surface area (Å²) in [6, 6.07) is 3.38. The lowest BCUT2D eigenvalue weighted by atomic mass is 10.0. The number of ether oxygens (including phenoxy) is 1. The van der Waals surface area contributed by atoms with Crippen LogP contribution in [0.4, 0.5) is 4.39 Å². The van der Waals surface area contributed by atoms with Crippen LogP contribution in [0.15, 0.2) is 18.2 Å². The van der Waals surface area contributed by atoms with E-state index in [4.69, 9.17) is 16.3 Å². The van der Waals surface area contributed by atoms with Gasteiger partial charge in [0.05, 0.1) is 6.61 Å².